The van der Waals surface area contributed by atoms with Crippen molar-refractivity contribution in [2.45, 2.75) is 6.92 Å². The third kappa shape index (κ3) is 4.44. The minimum Gasteiger partial charge on any atom is -0.338 e. The van der Waals surface area contributed by atoms with Crippen molar-refractivity contribution >= 4 is 48.0 Å². The van der Waals surface area contributed by atoms with Crippen LogP contribution in [0.1, 0.15) is 5.69 Å². The summed E-state index contributed by atoms with van der Waals surface area (Å²) in [5, 5.41) is 8.26. The first kappa shape index (κ1) is 17.6. The van der Waals surface area contributed by atoms with Crippen molar-refractivity contribution in [3.05, 3.63) is 59.5 Å². The lowest BCUT2D eigenvalue weighted by atomic mass is 10.3. The molecule has 0 radical (unpaired) electrons. The fourth-order valence-electron chi connectivity index (χ4n) is 2.36. The van der Waals surface area contributed by atoms with E-state index in [0.717, 1.165) is 17.1 Å². The van der Waals surface area contributed by atoms with Crippen molar-refractivity contribution in [1.29, 1.82) is 0 Å². The van der Waals surface area contributed by atoms with Gasteiger partial charge in [0.15, 0.2) is 5.82 Å². The van der Waals surface area contributed by atoms with Gasteiger partial charge in [0.2, 0.25) is 5.95 Å². The highest BCUT2D eigenvalue weighted by atomic mass is 35.5. The van der Waals surface area contributed by atoms with Crippen LogP contribution in [0, 0.1) is 6.92 Å². The molecule has 128 valence electrons. The molecule has 0 amide bonds. The minimum atomic E-state index is -0.245. The summed E-state index contributed by atoms with van der Waals surface area (Å²) < 4.78 is 0. The molecule has 0 saturated heterocycles. The average Bonchev–Trinajstić information content (AvgIpc) is 2.58. The van der Waals surface area contributed by atoms with E-state index in [-0.39, 0.29) is 7.92 Å². The van der Waals surface area contributed by atoms with Crippen molar-refractivity contribution in [2.75, 3.05) is 24.0 Å². The number of rotatable bonds is 5. The van der Waals surface area contributed by atoms with Gasteiger partial charge in [0.05, 0.1) is 6.20 Å². The van der Waals surface area contributed by atoms with Crippen LogP contribution >= 0.6 is 19.5 Å². The van der Waals surface area contributed by atoms with Crippen LogP contribution in [-0.4, -0.2) is 28.3 Å². The molecule has 3 rings (SSSR count). The van der Waals surface area contributed by atoms with Crippen LogP contribution in [0.5, 0.6) is 0 Å². The lowest BCUT2D eigenvalue weighted by Gasteiger charge is -2.15. The number of hydrogen-bond acceptors (Lipinski definition) is 5. The second-order valence-electron chi connectivity index (χ2n) is 5.74. The standard InChI is InChI=1S/C18H19ClN5P/c1-12-10-13(8-9-20-12)22-18-21-11-14(19)17(24-18)23-15-6-4-5-7-16(15)25(2)3/h4-11H,1-3H3,(H2,20,21,22,23,24). The van der Waals surface area contributed by atoms with Crippen LogP contribution in [-0.2, 0) is 0 Å². The smallest absolute Gasteiger partial charge is 0.229 e. The summed E-state index contributed by atoms with van der Waals surface area (Å²) in [6.07, 6.45) is 3.34. The normalized spacial score (nSPS) is 10.8. The molecule has 0 aliphatic rings. The van der Waals surface area contributed by atoms with Crippen LogP contribution in [0.4, 0.5) is 23.1 Å². The Morgan fingerprint density at radius 1 is 1.04 bits per heavy atom. The molecule has 5 nitrogen and oxygen atoms in total. The maximum atomic E-state index is 6.29. The molecule has 0 unspecified atom stereocenters. The summed E-state index contributed by atoms with van der Waals surface area (Å²) in [4.78, 5) is 12.9. The number of anilines is 4. The number of hydrogen-bond donors (Lipinski definition) is 2. The second kappa shape index (κ2) is 7.77. The zero-order chi connectivity index (χ0) is 17.8. The number of aryl methyl sites for hydroxylation is 1. The fourth-order valence-corrected chi connectivity index (χ4v) is 3.50. The van der Waals surface area contributed by atoms with E-state index in [4.69, 9.17) is 11.6 Å². The van der Waals surface area contributed by atoms with Gasteiger partial charge in [0.25, 0.3) is 0 Å². The number of para-hydroxylation sites is 1. The predicted molar refractivity (Wildman–Crippen MR) is 107 cm³/mol. The average molecular weight is 372 g/mol. The van der Waals surface area contributed by atoms with Gasteiger partial charge in [-0.15, -0.1) is 0 Å². The molecule has 3 aromatic rings. The molecule has 7 heteroatoms. The van der Waals surface area contributed by atoms with E-state index >= 15 is 0 Å². The molecule has 2 aromatic heterocycles. The van der Waals surface area contributed by atoms with Crippen molar-refractivity contribution in [3.8, 4) is 0 Å². The summed E-state index contributed by atoms with van der Waals surface area (Å²) >= 11 is 6.29. The summed E-state index contributed by atoms with van der Waals surface area (Å²) in [6, 6.07) is 12.0. The van der Waals surface area contributed by atoms with Crippen LogP contribution in [0.2, 0.25) is 5.02 Å². The van der Waals surface area contributed by atoms with Gasteiger partial charge in [0, 0.05) is 23.3 Å². The Hall–Kier alpha value is -2.23. The maximum absolute atomic E-state index is 6.29. The SMILES string of the molecule is Cc1cc(Nc2ncc(Cl)c(Nc3ccccc3P(C)C)n2)ccn1. The monoisotopic (exact) mass is 371 g/mol. The molecule has 0 aliphatic carbocycles. The Balaban J connectivity index is 1.88. The van der Waals surface area contributed by atoms with Gasteiger partial charge in [0.1, 0.15) is 5.02 Å². The molecular weight excluding hydrogens is 353 g/mol. The molecule has 0 saturated carbocycles. The van der Waals surface area contributed by atoms with E-state index in [1.165, 1.54) is 5.30 Å². The Bertz CT molecular complexity index is 885. The number of aromatic nitrogens is 3. The molecule has 0 bridgehead atoms. The minimum absolute atomic E-state index is 0.245. The second-order valence-corrected chi connectivity index (χ2v) is 8.42. The third-order valence-electron chi connectivity index (χ3n) is 3.54. The number of benzene rings is 1. The fraction of sp³-hybridized carbons (Fsp3) is 0.167. The Labute approximate surface area is 153 Å². The molecule has 2 heterocycles. The zero-order valence-corrected chi connectivity index (χ0v) is 15.9. The molecule has 25 heavy (non-hydrogen) atoms. The first-order valence-corrected chi connectivity index (χ1v) is 10.4. The zero-order valence-electron chi connectivity index (χ0n) is 14.3. The molecule has 0 aliphatic heterocycles. The van der Waals surface area contributed by atoms with Gasteiger partial charge >= 0.3 is 0 Å². The maximum Gasteiger partial charge on any atom is 0.229 e. The van der Waals surface area contributed by atoms with Gasteiger partial charge in [-0.1, -0.05) is 37.7 Å². The lowest BCUT2D eigenvalue weighted by molar-refractivity contribution is 1.15. The highest BCUT2D eigenvalue weighted by Gasteiger charge is 2.10. The van der Waals surface area contributed by atoms with E-state index in [0.29, 0.717) is 16.8 Å². The van der Waals surface area contributed by atoms with Gasteiger partial charge in [-0.3, -0.25) is 4.98 Å². The van der Waals surface area contributed by atoms with Crippen LogP contribution in [0.25, 0.3) is 0 Å². The number of nitrogens with zero attached hydrogens (tertiary/aromatic N) is 3. The number of halogens is 1. The van der Waals surface area contributed by atoms with Crippen LogP contribution < -0.4 is 15.9 Å². The van der Waals surface area contributed by atoms with Crippen molar-refractivity contribution in [3.63, 3.8) is 0 Å². The van der Waals surface area contributed by atoms with E-state index < -0.39 is 0 Å². The Kier molecular flexibility index (Phi) is 5.47. The summed E-state index contributed by atoms with van der Waals surface area (Å²) in [5.74, 6) is 1.06. The lowest BCUT2D eigenvalue weighted by Crippen LogP contribution is -2.09. The number of pyridine rings is 1. The van der Waals surface area contributed by atoms with Gasteiger partial charge < -0.3 is 10.6 Å². The van der Waals surface area contributed by atoms with E-state index in [2.05, 4.69) is 45.0 Å². The van der Waals surface area contributed by atoms with Gasteiger partial charge in [-0.05, 0) is 43.8 Å². The molecule has 0 spiro atoms. The summed E-state index contributed by atoms with van der Waals surface area (Å²) in [7, 11) is -0.245. The van der Waals surface area contributed by atoms with Crippen molar-refractivity contribution < 1.29 is 0 Å². The van der Waals surface area contributed by atoms with Crippen molar-refractivity contribution in [2.24, 2.45) is 0 Å². The predicted octanol–water partition coefficient (Wildman–Crippen LogP) is 4.69. The highest BCUT2D eigenvalue weighted by Crippen LogP contribution is 2.31. The molecule has 1 aromatic carbocycles. The van der Waals surface area contributed by atoms with Crippen LogP contribution in [0.15, 0.2) is 48.8 Å². The van der Waals surface area contributed by atoms with Gasteiger partial charge in [-0.25, -0.2) is 4.98 Å². The molecular formula is C18H19ClN5P. The molecule has 0 atom stereocenters. The first-order valence-electron chi connectivity index (χ1n) is 7.78. The topological polar surface area (TPSA) is 62.7 Å². The Morgan fingerprint density at radius 3 is 2.60 bits per heavy atom. The summed E-state index contributed by atoms with van der Waals surface area (Å²) in [6.45, 7) is 6.37. The quantitative estimate of drug-likeness (QED) is 0.637. The van der Waals surface area contributed by atoms with E-state index in [1.54, 1.807) is 12.4 Å². The number of nitrogens with one attached hydrogen (secondary N) is 2. The third-order valence-corrected chi connectivity index (χ3v) is 5.17. The highest BCUT2D eigenvalue weighted by molar-refractivity contribution is 7.64. The van der Waals surface area contributed by atoms with Crippen molar-refractivity contribution in [1.82, 2.24) is 15.0 Å². The van der Waals surface area contributed by atoms with Gasteiger partial charge in [-0.2, -0.15) is 4.98 Å². The van der Waals surface area contributed by atoms with E-state index in [9.17, 15) is 0 Å². The molecule has 0 fully saturated rings. The van der Waals surface area contributed by atoms with Crippen LogP contribution in [0.3, 0.4) is 0 Å². The van der Waals surface area contributed by atoms with E-state index in [1.807, 2.05) is 37.3 Å². The summed E-state index contributed by atoms with van der Waals surface area (Å²) in [5.41, 5.74) is 2.82. The molecule has 2 N–H and O–H groups in total. The largest absolute Gasteiger partial charge is 0.338 e. The first-order chi connectivity index (χ1) is 12.0. The Morgan fingerprint density at radius 2 is 1.84 bits per heavy atom.